The summed E-state index contributed by atoms with van der Waals surface area (Å²) in [5.74, 6) is -0.280. The summed E-state index contributed by atoms with van der Waals surface area (Å²) in [6, 6.07) is 11.9. The molecule has 0 spiro atoms. The monoisotopic (exact) mass is 305 g/mol. The molecule has 3 aromatic rings. The van der Waals surface area contributed by atoms with E-state index < -0.39 is 15.8 Å². The van der Waals surface area contributed by atoms with Crippen molar-refractivity contribution in [1.82, 2.24) is 9.55 Å². The highest BCUT2D eigenvalue weighted by Crippen LogP contribution is 2.20. The third-order valence-corrected chi connectivity index (χ3v) is 4.48. The Morgan fingerprint density at radius 2 is 1.76 bits per heavy atom. The van der Waals surface area contributed by atoms with E-state index in [0.717, 1.165) is 17.6 Å². The summed E-state index contributed by atoms with van der Waals surface area (Å²) < 4.78 is 41.4. The van der Waals surface area contributed by atoms with Gasteiger partial charge in [-0.25, -0.2) is 22.5 Å². The molecule has 7 heteroatoms. The zero-order chi connectivity index (χ0) is 15.0. The zero-order valence-corrected chi connectivity index (χ0v) is 11.9. The minimum Gasteiger partial charge on any atom is -0.313 e. The molecule has 3 rings (SSSR count). The van der Waals surface area contributed by atoms with Gasteiger partial charge < -0.3 is 4.57 Å². The molecule has 0 aliphatic carbocycles. The smallest absolute Gasteiger partial charge is 0.264 e. The van der Waals surface area contributed by atoms with Crippen molar-refractivity contribution in [1.29, 1.82) is 0 Å². The van der Waals surface area contributed by atoms with Crippen LogP contribution < -0.4 is 4.72 Å². The first kappa shape index (κ1) is 13.6. The van der Waals surface area contributed by atoms with Crippen molar-refractivity contribution in [3.8, 4) is 0 Å². The second kappa shape index (κ2) is 4.85. The number of hydrogen-bond donors (Lipinski definition) is 1. The van der Waals surface area contributed by atoms with Crippen LogP contribution in [0.2, 0.25) is 0 Å². The highest BCUT2D eigenvalue weighted by Gasteiger charge is 2.17. The van der Waals surface area contributed by atoms with Crippen molar-refractivity contribution in [2.24, 2.45) is 7.05 Å². The van der Waals surface area contributed by atoms with Gasteiger partial charge in [0.1, 0.15) is 5.82 Å². The third kappa shape index (κ3) is 2.47. The predicted molar refractivity (Wildman–Crippen MR) is 77.9 cm³/mol. The predicted octanol–water partition coefficient (Wildman–Crippen LogP) is 2.51. The summed E-state index contributed by atoms with van der Waals surface area (Å²) in [4.78, 5) is 4.22. The fourth-order valence-electron chi connectivity index (χ4n) is 2.03. The van der Waals surface area contributed by atoms with E-state index in [4.69, 9.17) is 0 Å². The average molecular weight is 305 g/mol. The molecule has 1 aromatic heterocycles. The van der Waals surface area contributed by atoms with Crippen LogP contribution in [0, 0.1) is 5.82 Å². The molecule has 0 bridgehead atoms. The van der Waals surface area contributed by atoms with E-state index in [2.05, 4.69) is 9.71 Å². The van der Waals surface area contributed by atoms with E-state index in [1.807, 2.05) is 18.2 Å². The van der Waals surface area contributed by atoms with Gasteiger partial charge in [0, 0.05) is 7.05 Å². The first-order valence-corrected chi connectivity index (χ1v) is 7.65. The molecule has 0 unspecified atom stereocenters. The number of nitrogens with zero attached hydrogens (tertiary/aromatic N) is 2. The molecular formula is C14H12FN3O2S. The standard InChI is InChI=1S/C14H12FN3O2S/c1-18-13-5-3-2-4-12(13)16-14(18)17-21(19,20)11-8-6-10(15)7-9-11/h2-9H,1H3,(H,16,17). The second-order valence-electron chi connectivity index (χ2n) is 4.54. The number of imidazole rings is 1. The van der Waals surface area contributed by atoms with E-state index in [1.54, 1.807) is 17.7 Å². The van der Waals surface area contributed by atoms with Gasteiger partial charge in [-0.05, 0) is 36.4 Å². The minimum absolute atomic E-state index is 0.0176. The van der Waals surface area contributed by atoms with Gasteiger partial charge in [0.2, 0.25) is 5.95 Å². The van der Waals surface area contributed by atoms with E-state index in [9.17, 15) is 12.8 Å². The molecule has 0 aliphatic heterocycles. The van der Waals surface area contributed by atoms with Gasteiger partial charge in [0.25, 0.3) is 10.0 Å². The molecule has 21 heavy (non-hydrogen) atoms. The number of anilines is 1. The Bertz CT molecular complexity index is 902. The van der Waals surface area contributed by atoms with E-state index in [1.165, 1.54) is 12.1 Å². The number of rotatable bonds is 3. The van der Waals surface area contributed by atoms with Crippen LogP contribution in [0.4, 0.5) is 10.3 Å². The molecule has 0 amide bonds. The van der Waals surface area contributed by atoms with Crippen molar-refractivity contribution in [3.63, 3.8) is 0 Å². The Balaban J connectivity index is 2.01. The summed E-state index contributed by atoms with van der Waals surface area (Å²) in [7, 11) is -2.08. The van der Waals surface area contributed by atoms with Gasteiger partial charge in [0.05, 0.1) is 15.9 Å². The van der Waals surface area contributed by atoms with Gasteiger partial charge in [-0.15, -0.1) is 0 Å². The summed E-state index contributed by atoms with van der Waals surface area (Å²) >= 11 is 0. The Morgan fingerprint density at radius 3 is 2.43 bits per heavy atom. The maximum atomic E-state index is 12.9. The Hall–Kier alpha value is -2.41. The summed E-state index contributed by atoms with van der Waals surface area (Å²) in [6.45, 7) is 0. The lowest BCUT2D eigenvalue weighted by molar-refractivity contribution is 0.599. The third-order valence-electron chi connectivity index (χ3n) is 3.14. The quantitative estimate of drug-likeness (QED) is 0.808. The van der Waals surface area contributed by atoms with Gasteiger partial charge in [0.15, 0.2) is 0 Å². The number of hydrogen-bond acceptors (Lipinski definition) is 3. The van der Waals surface area contributed by atoms with Crippen LogP contribution in [0.25, 0.3) is 11.0 Å². The number of para-hydroxylation sites is 2. The van der Waals surface area contributed by atoms with Gasteiger partial charge in [-0.3, -0.25) is 0 Å². The molecule has 0 saturated heterocycles. The van der Waals surface area contributed by atoms with Crippen LogP contribution in [0.1, 0.15) is 0 Å². The molecule has 0 radical (unpaired) electrons. The Kier molecular flexibility index (Phi) is 3.13. The topological polar surface area (TPSA) is 64.0 Å². The lowest BCUT2D eigenvalue weighted by Crippen LogP contribution is -2.15. The molecule has 0 saturated carbocycles. The van der Waals surface area contributed by atoms with Crippen LogP contribution in [-0.2, 0) is 17.1 Å². The number of sulfonamides is 1. The minimum atomic E-state index is -3.80. The van der Waals surface area contributed by atoms with Crippen molar-refractivity contribution in [2.75, 3.05) is 4.72 Å². The van der Waals surface area contributed by atoms with Crippen molar-refractivity contribution in [2.45, 2.75) is 4.90 Å². The molecular weight excluding hydrogens is 293 g/mol. The number of aromatic nitrogens is 2. The van der Waals surface area contributed by atoms with E-state index in [0.29, 0.717) is 5.52 Å². The average Bonchev–Trinajstić information content (AvgIpc) is 2.76. The highest BCUT2D eigenvalue weighted by molar-refractivity contribution is 7.92. The lowest BCUT2D eigenvalue weighted by Gasteiger charge is -2.07. The largest absolute Gasteiger partial charge is 0.313 e. The van der Waals surface area contributed by atoms with E-state index >= 15 is 0 Å². The van der Waals surface area contributed by atoms with Crippen LogP contribution in [0.15, 0.2) is 53.4 Å². The number of nitrogens with one attached hydrogen (secondary N) is 1. The molecule has 0 fully saturated rings. The van der Waals surface area contributed by atoms with Crippen LogP contribution in [0.5, 0.6) is 0 Å². The lowest BCUT2D eigenvalue weighted by atomic mass is 10.3. The van der Waals surface area contributed by atoms with Crippen LogP contribution >= 0.6 is 0 Å². The van der Waals surface area contributed by atoms with Crippen molar-refractivity contribution in [3.05, 3.63) is 54.3 Å². The first-order chi connectivity index (χ1) is 9.97. The molecule has 1 heterocycles. The van der Waals surface area contributed by atoms with Gasteiger partial charge in [-0.2, -0.15) is 0 Å². The molecule has 0 atom stereocenters. The first-order valence-electron chi connectivity index (χ1n) is 6.17. The molecule has 108 valence electrons. The second-order valence-corrected chi connectivity index (χ2v) is 6.22. The highest BCUT2D eigenvalue weighted by atomic mass is 32.2. The summed E-state index contributed by atoms with van der Waals surface area (Å²) in [6.07, 6.45) is 0. The SMILES string of the molecule is Cn1c(NS(=O)(=O)c2ccc(F)cc2)nc2ccccc21. The number of benzene rings is 2. The maximum Gasteiger partial charge on any atom is 0.264 e. The van der Waals surface area contributed by atoms with Gasteiger partial charge in [-0.1, -0.05) is 12.1 Å². The number of halogens is 1. The maximum absolute atomic E-state index is 12.9. The Morgan fingerprint density at radius 1 is 1.10 bits per heavy atom. The Labute approximate surface area is 121 Å². The fraction of sp³-hybridized carbons (Fsp3) is 0.0714. The number of aryl methyl sites for hydroxylation is 1. The zero-order valence-electron chi connectivity index (χ0n) is 11.1. The fourth-order valence-corrected chi connectivity index (χ4v) is 3.06. The van der Waals surface area contributed by atoms with Crippen molar-refractivity contribution < 1.29 is 12.8 Å². The van der Waals surface area contributed by atoms with Crippen molar-refractivity contribution >= 4 is 27.0 Å². The normalized spacial score (nSPS) is 11.7. The molecule has 0 aliphatic rings. The summed E-state index contributed by atoms with van der Waals surface area (Å²) in [5, 5.41) is 0. The summed E-state index contributed by atoms with van der Waals surface area (Å²) in [5.41, 5.74) is 1.51. The van der Waals surface area contributed by atoms with Crippen LogP contribution in [0.3, 0.4) is 0 Å². The molecule has 5 nitrogen and oxygen atoms in total. The van der Waals surface area contributed by atoms with E-state index in [-0.39, 0.29) is 10.8 Å². The van der Waals surface area contributed by atoms with Crippen LogP contribution in [-0.4, -0.2) is 18.0 Å². The number of fused-ring (bicyclic) bond motifs is 1. The molecule has 1 N–H and O–H groups in total. The molecule has 2 aromatic carbocycles. The van der Waals surface area contributed by atoms with Gasteiger partial charge >= 0.3 is 0 Å².